The fraction of sp³-hybridized carbons (Fsp3) is 0.750. The molecule has 0 saturated heterocycles. The van der Waals surface area contributed by atoms with Crippen LogP contribution in [-0.4, -0.2) is 17.9 Å². The minimum absolute atomic E-state index is 0.535. The summed E-state index contributed by atoms with van der Waals surface area (Å²) in [4.78, 5) is 0. The molecule has 0 aliphatic carbocycles. The Hall–Kier alpha value is -0.610. The van der Waals surface area contributed by atoms with Crippen molar-refractivity contribution in [1.29, 1.82) is 0 Å². The van der Waals surface area contributed by atoms with E-state index < -0.39 is 0 Å². The fourth-order valence-corrected chi connectivity index (χ4v) is 0.170. The monoisotopic (exact) mass is 116 g/mol. The standard InChI is InChI=1S/C4H10N3O/c1-4(2)5-6-7(3)8/h6H,1-3H3/q-1. The number of hydrogen-bond acceptors (Lipinski definition) is 4. The van der Waals surface area contributed by atoms with E-state index in [9.17, 15) is 5.21 Å². The van der Waals surface area contributed by atoms with Gasteiger partial charge in [-0.25, -0.2) is 0 Å². The van der Waals surface area contributed by atoms with Gasteiger partial charge in [-0.3, -0.25) is 10.7 Å². The van der Waals surface area contributed by atoms with E-state index in [1.807, 2.05) is 0 Å². The minimum atomic E-state index is 0.535. The lowest BCUT2D eigenvalue weighted by atomic mass is 10.5. The summed E-state index contributed by atoms with van der Waals surface area (Å²) < 4.78 is 0. The molecule has 8 heavy (non-hydrogen) atoms. The Labute approximate surface area is 48.7 Å². The summed E-state index contributed by atoms with van der Waals surface area (Å²) >= 11 is 0. The molecule has 0 aliphatic rings. The van der Waals surface area contributed by atoms with Crippen molar-refractivity contribution in [3.8, 4) is 0 Å². The lowest BCUT2D eigenvalue weighted by Crippen LogP contribution is -2.23. The molecule has 0 fully saturated rings. The van der Waals surface area contributed by atoms with Gasteiger partial charge in [0, 0.05) is 5.71 Å². The zero-order chi connectivity index (χ0) is 6.57. The van der Waals surface area contributed by atoms with Gasteiger partial charge < -0.3 is 5.21 Å². The lowest BCUT2D eigenvalue weighted by Gasteiger charge is -2.19. The van der Waals surface area contributed by atoms with Gasteiger partial charge in [0.1, 0.15) is 0 Å². The van der Waals surface area contributed by atoms with Gasteiger partial charge in [0.2, 0.25) is 0 Å². The van der Waals surface area contributed by atoms with Crippen molar-refractivity contribution in [3.05, 3.63) is 5.21 Å². The Kier molecular flexibility index (Phi) is 3.14. The highest BCUT2D eigenvalue weighted by atomic mass is 16.5. The second kappa shape index (κ2) is 3.40. The van der Waals surface area contributed by atoms with Crippen LogP contribution in [0.1, 0.15) is 13.8 Å². The molecular formula is C4H10N3O-. The van der Waals surface area contributed by atoms with Crippen molar-refractivity contribution >= 4 is 5.71 Å². The van der Waals surface area contributed by atoms with Gasteiger partial charge in [0.05, 0.1) is 0 Å². The molecule has 0 unspecified atom stereocenters. The Morgan fingerprint density at radius 3 is 2.25 bits per heavy atom. The quantitative estimate of drug-likeness (QED) is 0.417. The van der Waals surface area contributed by atoms with Crippen LogP contribution in [0.5, 0.6) is 0 Å². The highest BCUT2D eigenvalue weighted by Crippen LogP contribution is 1.70. The van der Waals surface area contributed by atoms with E-state index in [-0.39, 0.29) is 0 Å². The normalized spacial score (nSPS) is 9.12. The molecule has 0 heterocycles. The minimum Gasteiger partial charge on any atom is -0.766 e. The maximum Gasteiger partial charge on any atom is 0.0331 e. The number of hydroxylamine groups is 1. The van der Waals surface area contributed by atoms with Gasteiger partial charge in [-0.2, -0.15) is 5.10 Å². The summed E-state index contributed by atoms with van der Waals surface area (Å²) in [5, 5.41) is 14.2. The molecule has 0 spiro atoms. The topological polar surface area (TPSA) is 50.7 Å². The highest BCUT2D eigenvalue weighted by Gasteiger charge is 1.73. The van der Waals surface area contributed by atoms with Crippen molar-refractivity contribution < 1.29 is 0 Å². The van der Waals surface area contributed by atoms with Gasteiger partial charge in [0.15, 0.2) is 0 Å². The number of nitrogens with zero attached hydrogens (tertiary/aromatic N) is 2. The first-order valence-electron chi connectivity index (χ1n) is 2.30. The van der Waals surface area contributed by atoms with Crippen LogP contribution >= 0.6 is 0 Å². The zero-order valence-corrected chi connectivity index (χ0v) is 5.30. The third-order valence-electron chi connectivity index (χ3n) is 0.414. The molecule has 0 atom stereocenters. The molecule has 0 aliphatic heterocycles. The number of hydrogen-bond donors (Lipinski definition) is 1. The average molecular weight is 116 g/mol. The molecule has 1 N–H and O–H groups in total. The van der Waals surface area contributed by atoms with Gasteiger partial charge in [-0.15, -0.1) is 0 Å². The largest absolute Gasteiger partial charge is 0.766 e. The van der Waals surface area contributed by atoms with E-state index in [4.69, 9.17) is 0 Å². The first kappa shape index (κ1) is 7.39. The Morgan fingerprint density at radius 2 is 2.12 bits per heavy atom. The predicted octanol–water partition coefficient (Wildman–Crippen LogP) is 0.316. The van der Waals surface area contributed by atoms with Crippen LogP contribution < -0.4 is 5.53 Å². The van der Waals surface area contributed by atoms with E-state index in [2.05, 4.69) is 10.6 Å². The van der Waals surface area contributed by atoms with Crippen molar-refractivity contribution in [2.24, 2.45) is 5.10 Å². The fourth-order valence-electron chi connectivity index (χ4n) is 0.170. The molecule has 4 heteroatoms. The summed E-state index contributed by atoms with van der Waals surface area (Å²) in [6, 6.07) is 0. The number of rotatable bonds is 2. The van der Waals surface area contributed by atoms with Crippen LogP contribution in [0.15, 0.2) is 5.10 Å². The number of hydrazone groups is 1. The maximum absolute atomic E-state index is 10.0. The first-order valence-corrected chi connectivity index (χ1v) is 2.30. The lowest BCUT2D eigenvalue weighted by molar-refractivity contribution is 0.340. The zero-order valence-electron chi connectivity index (χ0n) is 5.30. The SMILES string of the molecule is CC(C)=NNN(C)[O-]. The Bertz CT molecular complexity index is 85.3. The smallest absolute Gasteiger partial charge is 0.0331 e. The molecule has 0 bridgehead atoms. The van der Waals surface area contributed by atoms with Crippen LogP contribution in [0.3, 0.4) is 0 Å². The molecule has 48 valence electrons. The summed E-state index contributed by atoms with van der Waals surface area (Å²) in [5.74, 6) is 0. The van der Waals surface area contributed by atoms with Crippen LogP contribution in [0, 0.1) is 5.21 Å². The Morgan fingerprint density at radius 1 is 1.62 bits per heavy atom. The van der Waals surface area contributed by atoms with Gasteiger partial charge in [0.25, 0.3) is 0 Å². The van der Waals surface area contributed by atoms with E-state index in [0.717, 1.165) is 5.71 Å². The summed E-state index contributed by atoms with van der Waals surface area (Å²) in [5.41, 5.74) is 3.04. The molecule has 0 radical (unpaired) electrons. The van der Waals surface area contributed by atoms with Crippen LogP contribution in [0.25, 0.3) is 0 Å². The van der Waals surface area contributed by atoms with Gasteiger partial charge in [-0.05, 0) is 20.9 Å². The predicted molar refractivity (Wildman–Crippen MR) is 33.0 cm³/mol. The third kappa shape index (κ3) is 5.39. The summed E-state index contributed by atoms with van der Waals surface area (Å²) in [6.07, 6.45) is 0. The number of hydrazine groups is 1. The molecule has 0 rings (SSSR count). The molecule has 0 aromatic rings. The van der Waals surface area contributed by atoms with E-state index in [0.29, 0.717) is 5.17 Å². The third-order valence-corrected chi connectivity index (χ3v) is 0.414. The second-order valence-electron chi connectivity index (χ2n) is 1.66. The molecule has 0 saturated carbocycles. The van der Waals surface area contributed by atoms with Crippen molar-refractivity contribution in [2.45, 2.75) is 13.8 Å². The summed E-state index contributed by atoms with van der Waals surface area (Å²) in [7, 11) is 1.34. The highest BCUT2D eigenvalue weighted by molar-refractivity contribution is 5.78. The first-order chi connectivity index (χ1) is 3.63. The Balaban J connectivity index is 3.29. The molecule has 4 nitrogen and oxygen atoms in total. The van der Waals surface area contributed by atoms with Crippen molar-refractivity contribution in [2.75, 3.05) is 7.05 Å². The van der Waals surface area contributed by atoms with Gasteiger partial charge in [-0.1, -0.05) is 0 Å². The van der Waals surface area contributed by atoms with Gasteiger partial charge >= 0.3 is 0 Å². The molecule has 0 amide bonds. The van der Waals surface area contributed by atoms with E-state index in [1.165, 1.54) is 7.05 Å². The summed E-state index contributed by atoms with van der Waals surface area (Å²) in [6.45, 7) is 3.60. The van der Waals surface area contributed by atoms with Crippen molar-refractivity contribution in [1.82, 2.24) is 10.7 Å². The maximum atomic E-state index is 10.0. The van der Waals surface area contributed by atoms with E-state index in [1.54, 1.807) is 13.8 Å². The van der Waals surface area contributed by atoms with Crippen LogP contribution in [-0.2, 0) is 0 Å². The molecule has 0 aromatic carbocycles. The van der Waals surface area contributed by atoms with E-state index >= 15 is 0 Å². The van der Waals surface area contributed by atoms with Crippen molar-refractivity contribution in [3.63, 3.8) is 0 Å². The number of nitrogens with one attached hydrogen (secondary N) is 1. The van der Waals surface area contributed by atoms with Crippen LogP contribution in [0.4, 0.5) is 0 Å². The molecule has 0 aromatic heterocycles. The molecular weight excluding hydrogens is 106 g/mol. The second-order valence-corrected chi connectivity index (χ2v) is 1.66. The van der Waals surface area contributed by atoms with Crippen LogP contribution in [0.2, 0.25) is 0 Å². The average Bonchev–Trinajstić information content (AvgIpc) is 1.61.